The van der Waals surface area contributed by atoms with Crippen molar-refractivity contribution in [2.45, 2.75) is 38.0 Å². The quantitative estimate of drug-likeness (QED) is 0.567. The zero-order chi connectivity index (χ0) is 19.8. The lowest BCUT2D eigenvalue weighted by atomic mass is 9.96. The number of fused-ring (bicyclic) bond motifs is 1. The summed E-state index contributed by atoms with van der Waals surface area (Å²) in [6, 6.07) is 13.9. The lowest BCUT2D eigenvalue weighted by molar-refractivity contribution is 0.0726. The van der Waals surface area contributed by atoms with Crippen molar-refractivity contribution in [3.63, 3.8) is 0 Å². The number of pyridine rings is 1. The molecule has 148 valence electrons. The number of hydrogen-bond donors (Lipinski definition) is 1. The zero-order valence-electron chi connectivity index (χ0n) is 16.3. The fraction of sp³-hybridized carbons (Fsp3) is 0.333. The van der Waals surface area contributed by atoms with Crippen molar-refractivity contribution in [2.24, 2.45) is 0 Å². The highest BCUT2D eigenvalue weighted by atomic mass is 35.5. The monoisotopic (exact) mass is 405 g/mol. The number of carbonyl (C=O) groups excluding carboxylic acids is 1. The summed E-state index contributed by atoms with van der Waals surface area (Å²) in [7, 11) is 0. The number of hydrogen-bond acceptors (Lipinski definition) is 3. The molecule has 0 radical (unpaired) electrons. The fourth-order valence-electron chi connectivity index (χ4n) is 4.30. The Hall–Kier alpha value is -2.59. The Morgan fingerprint density at radius 2 is 1.86 bits per heavy atom. The molecule has 1 amide bonds. The summed E-state index contributed by atoms with van der Waals surface area (Å²) in [4.78, 5) is 20.0. The predicted molar refractivity (Wildman–Crippen MR) is 118 cm³/mol. The van der Waals surface area contributed by atoms with Crippen LogP contribution in [-0.2, 0) is 0 Å². The minimum absolute atomic E-state index is 0.115. The Morgan fingerprint density at radius 1 is 1.07 bits per heavy atom. The second-order valence-electron chi connectivity index (χ2n) is 8.05. The van der Waals surface area contributed by atoms with Gasteiger partial charge >= 0.3 is 0 Å². The summed E-state index contributed by atoms with van der Waals surface area (Å²) in [5.74, 6) is 1.43. The molecule has 2 aromatic carbocycles. The van der Waals surface area contributed by atoms with Gasteiger partial charge in [0.2, 0.25) is 0 Å². The molecule has 1 N–H and O–H groups in total. The second kappa shape index (κ2) is 7.68. The first kappa shape index (κ1) is 18.4. The molecule has 1 saturated carbocycles. The highest BCUT2D eigenvalue weighted by Crippen LogP contribution is 2.45. The van der Waals surface area contributed by atoms with Crippen molar-refractivity contribution >= 4 is 39.8 Å². The van der Waals surface area contributed by atoms with Crippen LogP contribution in [0.5, 0.6) is 0 Å². The van der Waals surface area contributed by atoms with Gasteiger partial charge in [-0.1, -0.05) is 35.9 Å². The number of rotatable bonds is 4. The van der Waals surface area contributed by atoms with Crippen LogP contribution in [-0.4, -0.2) is 28.9 Å². The van der Waals surface area contributed by atoms with Crippen molar-refractivity contribution in [3.05, 3.63) is 64.8 Å². The van der Waals surface area contributed by atoms with Crippen molar-refractivity contribution in [1.82, 2.24) is 9.88 Å². The molecule has 1 aliphatic carbocycles. The molecule has 1 aromatic heterocycles. The second-order valence-corrected chi connectivity index (χ2v) is 8.49. The van der Waals surface area contributed by atoms with Crippen LogP contribution in [0.1, 0.15) is 53.9 Å². The molecule has 2 aliphatic rings. The predicted octanol–water partition coefficient (Wildman–Crippen LogP) is 6.14. The third-order valence-electron chi connectivity index (χ3n) is 5.92. The van der Waals surface area contributed by atoms with Crippen LogP contribution in [0.4, 0.5) is 11.5 Å². The topological polar surface area (TPSA) is 45.2 Å². The van der Waals surface area contributed by atoms with Crippen molar-refractivity contribution < 1.29 is 4.79 Å². The third kappa shape index (κ3) is 3.69. The fourth-order valence-corrected chi connectivity index (χ4v) is 4.49. The highest BCUT2D eigenvalue weighted by molar-refractivity contribution is 6.30. The molecule has 0 atom stereocenters. The van der Waals surface area contributed by atoms with Crippen LogP contribution < -0.4 is 5.32 Å². The number of carbonyl (C=O) groups is 1. The molecule has 1 saturated heterocycles. The molecule has 5 rings (SSSR count). The maximum atomic E-state index is 13.4. The van der Waals surface area contributed by atoms with Crippen molar-refractivity contribution in [2.75, 3.05) is 18.4 Å². The summed E-state index contributed by atoms with van der Waals surface area (Å²) >= 11 is 6.15. The van der Waals surface area contributed by atoms with Crippen LogP contribution >= 0.6 is 11.6 Å². The van der Waals surface area contributed by atoms with E-state index in [9.17, 15) is 4.79 Å². The smallest absolute Gasteiger partial charge is 0.256 e. The molecule has 0 unspecified atom stereocenters. The van der Waals surface area contributed by atoms with Crippen LogP contribution in [0.2, 0.25) is 5.02 Å². The first-order valence-corrected chi connectivity index (χ1v) is 10.8. The van der Waals surface area contributed by atoms with E-state index in [-0.39, 0.29) is 5.91 Å². The molecule has 3 aromatic rings. The summed E-state index contributed by atoms with van der Waals surface area (Å²) in [5, 5.41) is 6.13. The molecule has 1 aliphatic heterocycles. The van der Waals surface area contributed by atoms with Gasteiger partial charge in [0, 0.05) is 40.8 Å². The summed E-state index contributed by atoms with van der Waals surface area (Å²) in [6.07, 6.45) is 7.52. The van der Waals surface area contributed by atoms with Crippen LogP contribution in [0.15, 0.2) is 48.7 Å². The summed E-state index contributed by atoms with van der Waals surface area (Å²) < 4.78 is 0. The Labute approximate surface area is 175 Å². The minimum atomic E-state index is 0.115. The molecular formula is C24H24ClN3O. The van der Waals surface area contributed by atoms with Gasteiger partial charge in [-0.15, -0.1) is 0 Å². The van der Waals surface area contributed by atoms with E-state index in [0.717, 1.165) is 53.8 Å². The Balaban J connectivity index is 1.62. The summed E-state index contributed by atoms with van der Waals surface area (Å²) in [5.41, 5.74) is 2.90. The molecule has 5 heteroatoms. The molecule has 2 heterocycles. The number of nitrogens with one attached hydrogen (secondary N) is 1. The Morgan fingerprint density at radius 3 is 2.62 bits per heavy atom. The number of amides is 1. The van der Waals surface area contributed by atoms with Gasteiger partial charge in [0.15, 0.2) is 0 Å². The number of anilines is 2. The van der Waals surface area contributed by atoms with E-state index in [4.69, 9.17) is 11.6 Å². The molecule has 2 fully saturated rings. The van der Waals surface area contributed by atoms with Crippen molar-refractivity contribution in [3.8, 4) is 0 Å². The van der Waals surface area contributed by atoms with E-state index in [1.165, 1.54) is 24.8 Å². The van der Waals surface area contributed by atoms with E-state index >= 15 is 0 Å². The van der Waals surface area contributed by atoms with Gasteiger partial charge in [0.1, 0.15) is 5.82 Å². The number of likely N-dealkylation sites (tertiary alicyclic amines) is 1. The van der Waals surface area contributed by atoms with Crippen LogP contribution in [0, 0.1) is 0 Å². The van der Waals surface area contributed by atoms with E-state index < -0.39 is 0 Å². The zero-order valence-corrected chi connectivity index (χ0v) is 17.1. The number of benzene rings is 2. The molecular weight excluding hydrogens is 382 g/mol. The average molecular weight is 406 g/mol. The SMILES string of the molecule is O=C(c1cnc(Nc2cccc(Cl)c2)c2cccc(C3CC3)c12)N1CCCCC1. The van der Waals surface area contributed by atoms with Crippen LogP contribution in [0.3, 0.4) is 0 Å². The maximum Gasteiger partial charge on any atom is 0.256 e. The Kier molecular flexibility index (Phi) is 4.88. The standard InChI is InChI=1S/C24H24ClN3O/c25-17-6-4-7-18(14-17)27-23-20-9-5-8-19(16-10-11-16)22(20)21(15-26-23)24(29)28-12-2-1-3-13-28/h4-9,14-16H,1-3,10-13H2,(H,26,27). The number of nitrogens with zero attached hydrogens (tertiary/aromatic N) is 2. The van der Waals surface area contributed by atoms with Gasteiger partial charge in [-0.25, -0.2) is 4.98 Å². The third-order valence-corrected chi connectivity index (χ3v) is 6.16. The molecule has 4 nitrogen and oxygen atoms in total. The lowest BCUT2D eigenvalue weighted by Crippen LogP contribution is -2.35. The number of halogens is 1. The van der Waals surface area contributed by atoms with E-state index in [2.05, 4.69) is 28.5 Å². The van der Waals surface area contributed by atoms with Gasteiger partial charge < -0.3 is 10.2 Å². The first-order chi connectivity index (χ1) is 14.2. The van der Waals surface area contributed by atoms with Gasteiger partial charge in [0.25, 0.3) is 5.91 Å². The van der Waals surface area contributed by atoms with Gasteiger partial charge in [-0.2, -0.15) is 0 Å². The van der Waals surface area contributed by atoms with Gasteiger partial charge in [-0.05, 0) is 61.8 Å². The van der Waals surface area contributed by atoms with Crippen molar-refractivity contribution in [1.29, 1.82) is 0 Å². The average Bonchev–Trinajstić information content (AvgIpc) is 3.59. The maximum absolute atomic E-state index is 13.4. The first-order valence-electron chi connectivity index (χ1n) is 10.4. The largest absolute Gasteiger partial charge is 0.340 e. The highest BCUT2D eigenvalue weighted by Gasteiger charge is 2.29. The van der Waals surface area contributed by atoms with E-state index in [1.54, 1.807) is 6.20 Å². The number of piperidine rings is 1. The molecule has 0 bridgehead atoms. The van der Waals surface area contributed by atoms with Crippen LogP contribution in [0.25, 0.3) is 10.8 Å². The molecule has 0 spiro atoms. The van der Waals surface area contributed by atoms with Gasteiger partial charge in [-0.3, -0.25) is 4.79 Å². The minimum Gasteiger partial charge on any atom is -0.340 e. The lowest BCUT2D eigenvalue weighted by Gasteiger charge is -2.27. The molecule has 29 heavy (non-hydrogen) atoms. The van der Waals surface area contributed by atoms with E-state index in [1.807, 2.05) is 29.2 Å². The number of aromatic nitrogens is 1. The normalized spacial score (nSPS) is 16.8. The van der Waals surface area contributed by atoms with Gasteiger partial charge in [0.05, 0.1) is 5.56 Å². The van der Waals surface area contributed by atoms with E-state index in [0.29, 0.717) is 10.9 Å². The Bertz CT molecular complexity index is 1070. The summed E-state index contributed by atoms with van der Waals surface area (Å²) in [6.45, 7) is 1.68.